The summed E-state index contributed by atoms with van der Waals surface area (Å²) in [5, 5.41) is 0. The van der Waals surface area contributed by atoms with E-state index in [1.807, 2.05) is 30.2 Å². The summed E-state index contributed by atoms with van der Waals surface area (Å²) in [7, 11) is 1.88. The SMILES string of the molecule is Cn1ccnc1C(=O)[C@@H]1CCCN(Cc2cnc(C3CCCCC3)nc2)C1. The number of imidazole rings is 1. The summed E-state index contributed by atoms with van der Waals surface area (Å²) in [6.07, 6.45) is 15.9. The molecular weight excluding hydrogens is 338 g/mol. The van der Waals surface area contributed by atoms with Gasteiger partial charge in [-0.3, -0.25) is 9.69 Å². The second-order valence-corrected chi connectivity index (χ2v) is 8.08. The summed E-state index contributed by atoms with van der Waals surface area (Å²) in [6.45, 7) is 2.63. The molecule has 6 heteroatoms. The molecular formula is C21H29N5O. The average Bonchev–Trinajstić information content (AvgIpc) is 3.15. The van der Waals surface area contributed by atoms with E-state index in [9.17, 15) is 4.79 Å². The smallest absolute Gasteiger partial charge is 0.202 e. The number of piperidine rings is 1. The van der Waals surface area contributed by atoms with E-state index in [1.165, 1.54) is 32.1 Å². The van der Waals surface area contributed by atoms with E-state index in [2.05, 4.69) is 19.9 Å². The molecule has 1 aliphatic carbocycles. The summed E-state index contributed by atoms with van der Waals surface area (Å²) in [4.78, 5) is 28.7. The number of hydrogen-bond acceptors (Lipinski definition) is 5. The molecule has 144 valence electrons. The highest BCUT2D eigenvalue weighted by Gasteiger charge is 2.28. The Balaban J connectivity index is 1.36. The summed E-state index contributed by atoms with van der Waals surface area (Å²) in [6, 6.07) is 0. The van der Waals surface area contributed by atoms with Crippen LogP contribution in [0.5, 0.6) is 0 Å². The summed E-state index contributed by atoms with van der Waals surface area (Å²) in [5.74, 6) is 2.32. The van der Waals surface area contributed by atoms with Crippen LogP contribution in [0.25, 0.3) is 0 Å². The van der Waals surface area contributed by atoms with E-state index in [-0.39, 0.29) is 11.7 Å². The Bertz CT molecular complexity index is 763. The van der Waals surface area contributed by atoms with E-state index < -0.39 is 0 Å². The van der Waals surface area contributed by atoms with Crippen LogP contribution in [0.1, 0.15) is 72.9 Å². The summed E-state index contributed by atoms with van der Waals surface area (Å²) >= 11 is 0. The normalized spacial score (nSPS) is 22.0. The Morgan fingerprint density at radius 3 is 2.56 bits per heavy atom. The Labute approximate surface area is 161 Å². The molecule has 2 fully saturated rings. The highest BCUT2D eigenvalue weighted by atomic mass is 16.1. The van der Waals surface area contributed by atoms with Crippen LogP contribution in [-0.4, -0.2) is 43.3 Å². The maximum Gasteiger partial charge on any atom is 0.202 e. The van der Waals surface area contributed by atoms with Gasteiger partial charge in [-0.15, -0.1) is 0 Å². The molecule has 1 saturated heterocycles. The largest absolute Gasteiger partial charge is 0.332 e. The third-order valence-electron chi connectivity index (χ3n) is 6.02. The van der Waals surface area contributed by atoms with Gasteiger partial charge in [0.15, 0.2) is 5.82 Å². The Kier molecular flexibility index (Phi) is 5.62. The van der Waals surface area contributed by atoms with Gasteiger partial charge in [0.05, 0.1) is 0 Å². The number of Topliss-reactive ketones (excluding diaryl/α,β-unsaturated/α-hetero) is 1. The van der Waals surface area contributed by atoms with Gasteiger partial charge in [0.2, 0.25) is 5.78 Å². The van der Waals surface area contributed by atoms with Crippen LogP contribution in [0.4, 0.5) is 0 Å². The van der Waals surface area contributed by atoms with Crippen LogP contribution < -0.4 is 0 Å². The van der Waals surface area contributed by atoms with Gasteiger partial charge in [-0.2, -0.15) is 0 Å². The van der Waals surface area contributed by atoms with Crippen LogP contribution in [0.3, 0.4) is 0 Å². The Morgan fingerprint density at radius 2 is 1.85 bits per heavy atom. The average molecular weight is 367 g/mol. The van der Waals surface area contributed by atoms with Crippen LogP contribution >= 0.6 is 0 Å². The number of hydrogen-bond donors (Lipinski definition) is 0. The number of carbonyl (C=O) groups is 1. The number of nitrogens with zero attached hydrogens (tertiary/aromatic N) is 5. The van der Waals surface area contributed by atoms with Crippen LogP contribution in [0.15, 0.2) is 24.8 Å². The fourth-order valence-corrected chi connectivity index (χ4v) is 4.47. The molecule has 0 aromatic carbocycles. The predicted octanol–water partition coefficient (Wildman–Crippen LogP) is 3.35. The number of ketones is 1. The maximum absolute atomic E-state index is 12.8. The topological polar surface area (TPSA) is 63.9 Å². The zero-order valence-electron chi connectivity index (χ0n) is 16.2. The van der Waals surface area contributed by atoms with Gasteiger partial charge in [-0.1, -0.05) is 19.3 Å². The highest BCUT2D eigenvalue weighted by molar-refractivity contribution is 5.94. The molecule has 0 N–H and O–H groups in total. The molecule has 2 aromatic heterocycles. The van der Waals surface area contributed by atoms with Gasteiger partial charge in [0.1, 0.15) is 5.82 Å². The van der Waals surface area contributed by atoms with Crippen molar-refractivity contribution in [3.05, 3.63) is 42.0 Å². The molecule has 4 rings (SSSR count). The van der Waals surface area contributed by atoms with Gasteiger partial charge < -0.3 is 4.57 Å². The second kappa shape index (κ2) is 8.30. The molecule has 6 nitrogen and oxygen atoms in total. The van der Waals surface area contributed by atoms with Crippen molar-refractivity contribution in [3.8, 4) is 0 Å². The van der Waals surface area contributed by atoms with Crippen molar-refractivity contribution in [2.24, 2.45) is 13.0 Å². The predicted molar refractivity (Wildman–Crippen MR) is 103 cm³/mol. The Hall–Kier alpha value is -2.08. The molecule has 0 radical (unpaired) electrons. The van der Waals surface area contributed by atoms with Gasteiger partial charge >= 0.3 is 0 Å². The molecule has 0 amide bonds. The first-order valence-electron chi connectivity index (χ1n) is 10.3. The Morgan fingerprint density at radius 1 is 1.07 bits per heavy atom. The molecule has 2 aliphatic rings. The number of rotatable bonds is 5. The van der Waals surface area contributed by atoms with Crippen LogP contribution in [-0.2, 0) is 13.6 Å². The van der Waals surface area contributed by atoms with E-state index in [0.29, 0.717) is 11.7 Å². The first-order valence-corrected chi connectivity index (χ1v) is 10.3. The lowest BCUT2D eigenvalue weighted by molar-refractivity contribution is 0.0797. The van der Waals surface area contributed by atoms with Crippen molar-refractivity contribution in [1.29, 1.82) is 0 Å². The van der Waals surface area contributed by atoms with Crippen LogP contribution in [0, 0.1) is 5.92 Å². The lowest BCUT2D eigenvalue weighted by Crippen LogP contribution is -2.39. The van der Waals surface area contributed by atoms with Crippen molar-refractivity contribution >= 4 is 5.78 Å². The van der Waals surface area contributed by atoms with E-state index in [0.717, 1.165) is 43.9 Å². The fraction of sp³-hybridized carbons (Fsp3) is 0.619. The standard InChI is InChI=1S/C21H29N5O/c1-25-11-9-22-21(25)19(27)18-8-5-10-26(15-18)14-16-12-23-20(24-13-16)17-6-3-2-4-7-17/h9,11-13,17-18H,2-8,10,14-15H2,1H3/t18-/m1/s1. The second-order valence-electron chi connectivity index (χ2n) is 8.08. The molecule has 27 heavy (non-hydrogen) atoms. The first-order chi connectivity index (χ1) is 13.2. The number of aromatic nitrogens is 4. The van der Waals surface area contributed by atoms with Crippen LogP contribution in [0.2, 0.25) is 0 Å². The minimum absolute atomic E-state index is 0.0299. The van der Waals surface area contributed by atoms with Crippen molar-refractivity contribution in [2.75, 3.05) is 13.1 Å². The zero-order chi connectivity index (χ0) is 18.6. The summed E-state index contributed by atoms with van der Waals surface area (Å²) in [5.41, 5.74) is 1.14. The molecule has 1 aliphatic heterocycles. The number of aryl methyl sites for hydroxylation is 1. The minimum atomic E-state index is 0.0299. The lowest BCUT2D eigenvalue weighted by Gasteiger charge is -2.31. The van der Waals surface area contributed by atoms with Crippen molar-refractivity contribution in [2.45, 2.75) is 57.4 Å². The van der Waals surface area contributed by atoms with Crippen molar-refractivity contribution in [1.82, 2.24) is 24.4 Å². The lowest BCUT2D eigenvalue weighted by atomic mass is 9.89. The third-order valence-corrected chi connectivity index (χ3v) is 6.02. The number of likely N-dealkylation sites (tertiary alicyclic amines) is 1. The molecule has 1 atom stereocenters. The number of carbonyl (C=O) groups excluding carboxylic acids is 1. The minimum Gasteiger partial charge on any atom is -0.332 e. The molecule has 0 unspecified atom stereocenters. The maximum atomic E-state index is 12.8. The van der Waals surface area contributed by atoms with Crippen molar-refractivity contribution in [3.63, 3.8) is 0 Å². The molecule has 0 spiro atoms. The highest BCUT2D eigenvalue weighted by Crippen LogP contribution is 2.30. The summed E-state index contributed by atoms with van der Waals surface area (Å²) < 4.78 is 1.82. The molecule has 0 bridgehead atoms. The van der Waals surface area contributed by atoms with Gasteiger partial charge in [0, 0.05) is 62.3 Å². The van der Waals surface area contributed by atoms with E-state index >= 15 is 0 Å². The van der Waals surface area contributed by atoms with Crippen molar-refractivity contribution < 1.29 is 4.79 Å². The molecule has 1 saturated carbocycles. The fourth-order valence-electron chi connectivity index (χ4n) is 4.47. The molecule has 2 aromatic rings. The van der Waals surface area contributed by atoms with Gasteiger partial charge in [-0.25, -0.2) is 15.0 Å². The zero-order valence-corrected chi connectivity index (χ0v) is 16.2. The van der Waals surface area contributed by atoms with Gasteiger partial charge in [0.25, 0.3) is 0 Å². The third kappa shape index (κ3) is 4.26. The first kappa shape index (κ1) is 18.3. The molecule has 3 heterocycles. The van der Waals surface area contributed by atoms with Gasteiger partial charge in [-0.05, 0) is 32.2 Å². The quantitative estimate of drug-likeness (QED) is 0.758. The monoisotopic (exact) mass is 367 g/mol. The van der Waals surface area contributed by atoms with E-state index in [4.69, 9.17) is 0 Å². The van der Waals surface area contributed by atoms with E-state index in [1.54, 1.807) is 6.20 Å².